The van der Waals surface area contributed by atoms with Gasteiger partial charge in [0.15, 0.2) is 12.6 Å². The van der Waals surface area contributed by atoms with Crippen molar-refractivity contribution in [2.75, 3.05) is 14.2 Å². The van der Waals surface area contributed by atoms with Crippen molar-refractivity contribution in [3.8, 4) is 22.6 Å². The Morgan fingerprint density at radius 3 is 1.77 bits per heavy atom. The van der Waals surface area contributed by atoms with E-state index >= 15 is 0 Å². The molecule has 0 bridgehead atoms. The van der Waals surface area contributed by atoms with Gasteiger partial charge in [-0.2, -0.15) is 0 Å². The summed E-state index contributed by atoms with van der Waals surface area (Å²) in [6.07, 6.45) is 14.7. The molecular formula is C40H40BBrF2N4O8. The van der Waals surface area contributed by atoms with Gasteiger partial charge in [0.05, 0.1) is 36.1 Å². The minimum atomic E-state index is -1.79. The highest BCUT2D eigenvalue weighted by molar-refractivity contribution is 9.10. The first-order valence-electron chi connectivity index (χ1n) is 17.6. The molecular weight excluding hydrogens is 793 g/mol. The van der Waals surface area contributed by atoms with Crippen LogP contribution in [0.4, 0.5) is 8.78 Å². The van der Waals surface area contributed by atoms with Crippen LogP contribution in [0.25, 0.3) is 32.7 Å². The molecule has 0 saturated carbocycles. The van der Waals surface area contributed by atoms with Crippen molar-refractivity contribution in [1.29, 1.82) is 0 Å². The van der Waals surface area contributed by atoms with Gasteiger partial charge in [0, 0.05) is 65.7 Å². The maximum absolute atomic E-state index is 14.4. The lowest BCUT2D eigenvalue weighted by molar-refractivity contribution is 0.110. The molecule has 56 heavy (non-hydrogen) atoms. The Balaban J connectivity index is 0.000000200. The van der Waals surface area contributed by atoms with E-state index < -0.39 is 18.8 Å². The Morgan fingerprint density at radius 2 is 1.25 bits per heavy atom. The van der Waals surface area contributed by atoms with E-state index in [1.807, 2.05) is 19.2 Å². The zero-order chi connectivity index (χ0) is 40.9. The third kappa shape index (κ3) is 9.99. The second-order valence-electron chi connectivity index (χ2n) is 12.4. The molecule has 0 fully saturated rings. The zero-order valence-electron chi connectivity index (χ0n) is 31.2. The highest BCUT2D eigenvalue weighted by Crippen LogP contribution is 2.32. The van der Waals surface area contributed by atoms with Gasteiger partial charge < -0.3 is 28.7 Å². The van der Waals surface area contributed by atoms with E-state index in [0.717, 1.165) is 48.2 Å². The number of hydrogen-bond acceptors (Lipinski definition) is 10. The highest BCUT2D eigenvalue weighted by atomic mass is 79.9. The van der Waals surface area contributed by atoms with E-state index in [2.05, 4.69) is 32.8 Å². The number of pyridine rings is 4. The molecule has 4 heterocycles. The molecule has 0 aliphatic carbocycles. The summed E-state index contributed by atoms with van der Waals surface area (Å²) < 4.78 is 41.7. The van der Waals surface area contributed by atoms with Crippen molar-refractivity contribution >= 4 is 62.6 Å². The van der Waals surface area contributed by atoms with Gasteiger partial charge in [-0.25, -0.2) is 8.78 Å². The minimum Gasteiger partial charge on any atom is -0.496 e. The zero-order valence-corrected chi connectivity index (χ0v) is 32.8. The van der Waals surface area contributed by atoms with Gasteiger partial charge in [0.2, 0.25) is 0 Å². The summed E-state index contributed by atoms with van der Waals surface area (Å²) in [6.45, 7) is 5.49. The standard InChI is InChI=1S/C20H19FN2O3.C12H13BrN2O.C8H8BFO4/c1-3-4-7-23-11-16(14-5-6-22-10-15(14)20(23)25)13-8-18(21)17(12-24)19(9-13)26-2;1-2-3-6-15-8-11(13)9-4-5-14-7-10(9)12(15)16;1-14-8-3-5(9(12)13)2-7(10)6(8)4-11/h5-6,8-12H,3-4,7H2,1-2H3;4-5,7-8H,2-3,6H2,1H3;2-4,12-13H,1H3. The van der Waals surface area contributed by atoms with Gasteiger partial charge in [-0.05, 0) is 81.6 Å². The summed E-state index contributed by atoms with van der Waals surface area (Å²) in [5, 5.41) is 20.3. The first-order valence-corrected chi connectivity index (χ1v) is 18.3. The lowest BCUT2D eigenvalue weighted by Gasteiger charge is -2.14. The molecule has 2 aromatic carbocycles. The van der Waals surface area contributed by atoms with Crippen LogP contribution in [0.3, 0.4) is 0 Å². The molecule has 0 atom stereocenters. The lowest BCUT2D eigenvalue weighted by atomic mass is 9.79. The van der Waals surface area contributed by atoms with Crippen molar-refractivity contribution in [2.45, 2.75) is 52.6 Å². The molecule has 0 aliphatic heterocycles. The molecule has 2 N–H and O–H groups in total. The third-order valence-corrected chi connectivity index (χ3v) is 9.35. The van der Waals surface area contributed by atoms with Gasteiger partial charge in [0.25, 0.3) is 11.1 Å². The number of ether oxygens (including phenoxy) is 2. The van der Waals surface area contributed by atoms with Crippen molar-refractivity contribution in [2.24, 2.45) is 0 Å². The number of hydrogen-bond donors (Lipinski definition) is 2. The van der Waals surface area contributed by atoms with E-state index in [1.165, 1.54) is 32.5 Å². The second kappa shape index (κ2) is 20.4. The quantitative estimate of drug-likeness (QED) is 0.109. The molecule has 0 unspecified atom stereocenters. The number of aromatic nitrogens is 4. The third-order valence-electron chi connectivity index (χ3n) is 8.72. The van der Waals surface area contributed by atoms with Crippen molar-refractivity contribution < 1.29 is 37.9 Å². The number of aryl methyl sites for hydroxylation is 2. The molecule has 0 saturated heterocycles. The predicted molar refractivity (Wildman–Crippen MR) is 215 cm³/mol. The Labute approximate surface area is 329 Å². The van der Waals surface area contributed by atoms with Crippen LogP contribution in [0.15, 0.2) is 87.6 Å². The van der Waals surface area contributed by atoms with Crippen LogP contribution >= 0.6 is 15.9 Å². The molecule has 0 amide bonds. The fourth-order valence-corrected chi connectivity index (χ4v) is 6.32. The number of fused-ring (bicyclic) bond motifs is 2. The second-order valence-corrected chi connectivity index (χ2v) is 13.2. The molecule has 6 rings (SSSR count). The van der Waals surface area contributed by atoms with Crippen LogP contribution < -0.4 is 26.1 Å². The van der Waals surface area contributed by atoms with Crippen LogP contribution in [0.2, 0.25) is 0 Å². The number of aldehydes is 2. The topological polar surface area (TPSA) is 163 Å². The average Bonchev–Trinajstić information content (AvgIpc) is 3.21. The van der Waals surface area contributed by atoms with Gasteiger partial charge >= 0.3 is 7.12 Å². The van der Waals surface area contributed by atoms with Gasteiger partial charge in [0.1, 0.15) is 23.1 Å². The van der Waals surface area contributed by atoms with Gasteiger partial charge in [-0.3, -0.25) is 29.1 Å². The monoisotopic (exact) mass is 832 g/mol. The number of carbonyl (C=O) groups excluding carboxylic acids is 2. The first-order chi connectivity index (χ1) is 26.9. The minimum absolute atomic E-state index is 0.0249. The average molecular weight is 833 g/mol. The fourth-order valence-electron chi connectivity index (χ4n) is 5.73. The fraction of sp³-hybridized carbons (Fsp3) is 0.250. The summed E-state index contributed by atoms with van der Waals surface area (Å²) in [7, 11) is 0.851. The Morgan fingerprint density at radius 1 is 0.750 bits per heavy atom. The Hall–Kier alpha value is -5.58. The van der Waals surface area contributed by atoms with E-state index in [0.29, 0.717) is 46.4 Å². The summed E-state index contributed by atoms with van der Waals surface area (Å²) >= 11 is 3.49. The molecule has 0 aliphatic rings. The predicted octanol–water partition coefficient (Wildman–Crippen LogP) is 6.11. The van der Waals surface area contributed by atoms with Crippen LogP contribution in [0.1, 0.15) is 60.2 Å². The van der Waals surface area contributed by atoms with Gasteiger partial charge in [-0.1, -0.05) is 26.7 Å². The molecule has 4 aromatic heterocycles. The summed E-state index contributed by atoms with van der Waals surface area (Å²) in [5.41, 5.74) is 0.713. The molecule has 0 spiro atoms. The summed E-state index contributed by atoms with van der Waals surface area (Å²) in [6, 6.07) is 8.54. The number of carbonyl (C=O) groups is 2. The van der Waals surface area contributed by atoms with Crippen molar-refractivity contribution in [3.05, 3.63) is 122 Å². The number of nitrogens with zero attached hydrogens (tertiary/aromatic N) is 4. The summed E-state index contributed by atoms with van der Waals surface area (Å²) in [5.74, 6) is -1.38. The molecule has 16 heteroatoms. The van der Waals surface area contributed by atoms with E-state index in [-0.39, 0.29) is 39.2 Å². The number of rotatable bonds is 12. The molecule has 0 radical (unpaired) electrons. The highest BCUT2D eigenvalue weighted by Gasteiger charge is 2.18. The Kier molecular flexibility index (Phi) is 15.7. The van der Waals surface area contributed by atoms with Crippen LogP contribution in [-0.4, -0.2) is 63.1 Å². The van der Waals surface area contributed by atoms with Crippen molar-refractivity contribution in [3.63, 3.8) is 0 Å². The largest absolute Gasteiger partial charge is 0.496 e. The molecule has 292 valence electrons. The normalized spacial score (nSPS) is 10.6. The van der Waals surface area contributed by atoms with E-state index in [9.17, 15) is 28.0 Å². The number of methoxy groups -OCH3 is 2. The van der Waals surface area contributed by atoms with Gasteiger partial charge in [-0.15, -0.1) is 0 Å². The number of benzene rings is 2. The van der Waals surface area contributed by atoms with Crippen molar-refractivity contribution in [1.82, 2.24) is 19.1 Å². The Bertz CT molecular complexity index is 2460. The first kappa shape index (κ1) is 43.2. The summed E-state index contributed by atoms with van der Waals surface area (Å²) in [4.78, 5) is 54.4. The smallest absolute Gasteiger partial charge is 0.488 e. The van der Waals surface area contributed by atoms with Crippen LogP contribution in [0.5, 0.6) is 11.5 Å². The maximum Gasteiger partial charge on any atom is 0.488 e. The molecule has 6 aromatic rings. The maximum atomic E-state index is 14.4. The SMILES string of the molecule is CCCCn1cc(-c2cc(F)c(C=O)c(OC)c2)c2ccncc2c1=O.CCCCn1cc(Br)c2ccncc2c1=O.COc1cc(B(O)O)cc(F)c1C=O. The molecule has 12 nitrogen and oxygen atoms in total. The number of halogens is 3. The number of unbranched alkanes of at least 4 members (excludes halogenated alkanes) is 2. The lowest BCUT2D eigenvalue weighted by Crippen LogP contribution is -2.30. The van der Waals surface area contributed by atoms with Crippen LogP contribution in [0, 0.1) is 11.6 Å². The van der Waals surface area contributed by atoms with E-state index in [1.54, 1.807) is 46.1 Å². The van der Waals surface area contributed by atoms with E-state index in [4.69, 9.17) is 19.5 Å². The van der Waals surface area contributed by atoms with Crippen LogP contribution in [-0.2, 0) is 13.1 Å².